The first-order valence-corrected chi connectivity index (χ1v) is 9.00. The number of carbonyl (C=O) groups excluding carboxylic acids is 1. The molecular weight excluding hydrogens is 354 g/mol. The Morgan fingerprint density at radius 2 is 1.57 bits per heavy atom. The molecule has 0 aliphatic heterocycles. The molecule has 0 radical (unpaired) electrons. The van der Waals surface area contributed by atoms with E-state index < -0.39 is 12.1 Å². The van der Waals surface area contributed by atoms with E-state index in [2.05, 4.69) is 5.32 Å². The fraction of sp³-hybridized carbons (Fsp3) is 0.130. The predicted molar refractivity (Wildman–Crippen MR) is 106 cm³/mol. The van der Waals surface area contributed by atoms with Crippen molar-refractivity contribution in [1.29, 1.82) is 0 Å². The zero-order chi connectivity index (χ0) is 19.8. The maximum atomic E-state index is 12.8. The maximum Gasteiger partial charge on any atom is 0.335 e. The van der Waals surface area contributed by atoms with Gasteiger partial charge in [0, 0.05) is 12.1 Å². The Labute approximate surface area is 163 Å². The Balaban J connectivity index is 1.66. The molecule has 28 heavy (non-hydrogen) atoms. The average molecular weight is 375 g/mol. The average Bonchev–Trinajstić information content (AvgIpc) is 2.73. The molecule has 3 rings (SSSR count). The number of amides is 1. The summed E-state index contributed by atoms with van der Waals surface area (Å²) >= 11 is 0. The van der Waals surface area contributed by atoms with Crippen LogP contribution in [-0.4, -0.2) is 23.5 Å². The largest absolute Gasteiger partial charge is 0.478 e. The third kappa shape index (κ3) is 5.20. The molecule has 0 aromatic heterocycles. The van der Waals surface area contributed by atoms with Gasteiger partial charge in [0.1, 0.15) is 5.75 Å². The molecule has 5 heteroatoms. The fourth-order valence-corrected chi connectivity index (χ4v) is 2.82. The number of carboxylic acids is 1. The van der Waals surface area contributed by atoms with Crippen LogP contribution in [0.3, 0.4) is 0 Å². The monoisotopic (exact) mass is 375 g/mol. The highest BCUT2D eigenvalue weighted by Gasteiger charge is 2.22. The van der Waals surface area contributed by atoms with Gasteiger partial charge < -0.3 is 15.2 Å². The Bertz CT molecular complexity index is 926. The summed E-state index contributed by atoms with van der Waals surface area (Å²) < 4.78 is 5.93. The Kier molecular flexibility index (Phi) is 6.41. The van der Waals surface area contributed by atoms with E-state index in [-0.39, 0.29) is 11.5 Å². The van der Waals surface area contributed by atoms with Crippen LogP contribution in [0.2, 0.25) is 0 Å². The minimum absolute atomic E-state index is 0.235. The van der Waals surface area contributed by atoms with Crippen molar-refractivity contribution in [1.82, 2.24) is 5.32 Å². The second-order valence-corrected chi connectivity index (χ2v) is 6.27. The van der Waals surface area contributed by atoms with Crippen LogP contribution in [0.4, 0.5) is 0 Å². The van der Waals surface area contributed by atoms with Crippen molar-refractivity contribution < 1.29 is 19.4 Å². The Morgan fingerprint density at radius 3 is 2.25 bits per heavy atom. The van der Waals surface area contributed by atoms with Crippen LogP contribution in [0.15, 0.2) is 84.9 Å². The maximum absolute atomic E-state index is 12.8. The van der Waals surface area contributed by atoms with Gasteiger partial charge in [0.15, 0.2) is 0 Å². The number of ether oxygens (including phenoxy) is 1. The van der Waals surface area contributed by atoms with Gasteiger partial charge in [-0.3, -0.25) is 4.79 Å². The summed E-state index contributed by atoms with van der Waals surface area (Å²) in [4.78, 5) is 23.9. The summed E-state index contributed by atoms with van der Waals surface area (Å²) in [7, 11) is 0. The van der Waals surface area contributed by atoms with E-state index in [0.29, 0.717) is 18.7 Å². The minimum Gasteiger partial charge on any atom is -0.478 e. The van der Waals surface area contributed by atoms with Gasteiger partial charge in [-0.2, -0.15) is 0 Å². The Hall–Kier alpha value is -3.60. The number of carbonyl (C=O) groups is 2. The van der Waals surface area contributed by atoms with Gasteiger partial charge in [0.05, 0.1) is 5.56 Å². The van der Waals surface area contributed by atoms with E-state index in [0.717, 1.165) is 11.1 Å². The first kappa shape index (κ1) is 19.2. The van der Waals surface area contributed by atoms with Crippen LogP contribution < -0.4 is 10.1 Å². The van der Waals surface area contributed by atoms with Gasteiger partial charge in [-0.05, 0) is 36.2 Å². The zero-order valence-corrected chi connectivity index (χ0v) is 15.2. The number of hydrogen-bond acceptors (Lipinski definition) is 3. The van der Waals surface area contributed by atoms with Crippen molar-refractivity contribution >= 4 is 11.9 Å². The molecule has 0 spiro atoms. The standard InChI is InChI=1S/C23H21NO4/c25-22(24-15-14-17-8-7-11-19(16-17)23(26)27)21(18-9-3-1-4-10-18)28-20-12-5-2-6-13-20/h1-13,16,21H,14-15H2,(H,24,25)(H,26,27). The quantitative estimate of drug-likeness (QED) is 0.627. The molecule has 3 aromatic rings. The third-order valence-corrected chi connectivity index (χ3v) is 4.22. The van der Waals surface area contributed by atoms with Crippen LogP contribution >= 0.6 is 0 Å². The van der Waals surface area contributed by atoms with Crippen molar-refractivity contribution in [3.8, 4) is 5.75 Å². The lowest BCUT2D eigenvalue weighted by Crippen LogP contribution is -2.33. The van der Waals surface area contributed by atoms with Gasteiger partial charge >= 0.3 is 5.97 Å². The molecule has 142 valence electrons. The van der Waals surface area contributed by atoms with Crippen LogP contribution in [0.25, 0.3) is 0 Å². The van der Waals surface area contributed by atoms with Crippen LogP contribution in [0.1, 0.15) is 27.6 Å². The molecule has 0 fully saturated rings. The molecular formula is C23H21NO4. The normalized spacial score (nSPS) is 11.4. The van der Waals surface area contributed by atoms with E-state index in [4.69, 9.17) is 9.84 Å². The molecule has 2 N–H and O–H groups in total. The van der Waals surface area contributed by atoms with Gasteiger partial charge in [0.2, 0.25) is 6.10 Å². The molecule has 1 unspecified atom stereocenters. The number of hydrogen-bond donors (Lipinski definition) is 2. The molecule has 0 aliphatic carbocycles. The van der Waals surface area contributed by atoms with Crippen molar-refractivity contribution in [2.45, 2.75) is 12.5 Å². The topological polar surface area (TPSA) is 75.6 Å². The second-order valence-electron chi connectivity index (χ2n) is 6.27. The highest BCUT2D eigenvalue weighted by Crippen LogP contribution is 2.22. The number of aromatic carboxylic acids is 1. The molecule has 0 saturated carbocycles. The molecule has 0 aliphatic rings. The summed E-state index contributed by atoms with van der Waals surface area (Å²) in [5.41, 5.74) is 1.84. The first-order chi connectivity index (χ1) is 13.6. The SMILES string of the molecule is O=C(O)c1cccc(CCNC(=O)C(Oc2ccccc2)c2ccccc2)c1. The van der Waals surface area contributed by atoms with E-state index in [1.807, 2.05) is 54.6 Å². The third-order valence-electron chi connectivity index (χ3n) is 4.22. The molecule has 1 amide bonds. The van der Waals surface area contributed by atoms with E-state index in [9.17, 15) is 9.59 Å². The highest BCUT2D eigenvalue weighted by atomic mass is 16.5. The summed E-state index contributed by atoms with van der Waals surface area (Å²) in [6.07, 6.45) is -0.242. The smallest absolute Gasteiger partial charge is 0.335 e. The Morgan fingerprint density at radius 1 is 0.893 bits per heavy atom. The van der Waals surface area contributed by atoms with Crippen molar-refractivity contribution in [3.63, 3.8) is 0 Å². The van der Waals surface area contributed by atoms with Gasteiger partial charge in [-0.1, -0.05) is 60.7 Å². The van der Waals surface area contributed by atoms with Gasteiger partial charge in [-0.15, -0.1) is 0 Å². The predicted octanol–water partition coefficient (Wildman–Crippen LogP) is 3.86. The lowest BCUT2D eigenvalue weighted by molar-refractivity contribution is -0.128. The lowest BCUT2D eigenvalue weighted by Gasteiger charge is -2.19. The van der Waals surface area contributed by atoms with Crippen LogP contribution in [-0.2, 0) is 11.2 Å². The number of benzene rings is 3. The van der Waals surface area contributed by atoms with E-state index in [1.165, 1.54) is 0 Å². The number of nitrogens with one attached hydrogen (secondary N) is 1. The second kappa shape index (κ2) is 9.37. The summed E-state index contributed by atoms with van der Waals surface area (Å²) in [5.74, 6) is -0.601. The van der Waals surface area contributed by atoms with Crippen molar-refractivity contribution in [2.75, 3.05) is 6.54 Å². The van der Waals surface area contributed by atoms with Gasteiger partial charge in [0.25, 0.3) is 5.91 Å². The molecule has 5 nitrogen and oxygen atoms in total. The minimum atomic E-state index is -0.966. The van der Waals surface area contributed by atoms with Crippen molar-refractivity contribution in [3.05, 3.63) is 102 Å². The molecule has 0 bridgehead atoms. The molecule has 0 saturated heterocycles. The molecule has 1 atom stereocenters. The van der Waals surface area contributed by atoms with E-state index in [1.54, 1.807) is 30.3 Å². The highest BCUT2D eigenvalue weighted by molar-refractivity contribution is 5.87. The van der Waals surface area contributed by atoms with E-state index >= 15 is 0 Å². The lowest BCUT2D eigenvalue weighted by atomic mass is 10.1. The van der Waals surface area contributed by atoms with Crippen LogP contribution in [0, 0.1) is 0 Å². The summed E-state index contributed by atoms with van der Waals surface area (Å²) in [6, 6.07) is 25.2. The number of carboxylic acid groups (broad SMARTS) is 1. The number of rotatable bonds is 8. The van der Waals surface area contributed by atoms with Gasteiger partial charge in [-0.25, -0.2) is 4.79 Å². The molecule has 3 aromatic carbocycles. The first-order valence-electron chi connectivity index (χ1n) is 9.00. The van der Waals surface area contributed by atoms with Crippen LogP contribution in [0.5, 0.6) is 5.75 Å². The summed E-state index contributed by atoms with van der Waals surface area (Å²) in [6.45, 7) is 0.378. The summed E-state index contributed by atoms with van der Waals surface area (Å²) in [5, 5.41) is 12.0. The zero-order valence-electron chi connectivity index (χ0n) is 15.2. The van der Waals surface area contributed by atoms with Crippen molar-refractivity contribution in [2.24, 2.45) is 0 Å². The fourth-order valence-electron chi connectivity index (χ4n) is 2.82. The molecule has 0 heterocycles. The number of para-hydroxylation sites is 1.